The molecule has 0 unspecified atom stereocenters. The van der Waals surface area contributed by atoms with Gasteiger partial charge in [-0.15, -0.1) is 0 Å². The molecule has 1 fully saturated rings. The highest BCUT2D eigenvalue weighted by Gasteiger charge is 2.25. The fourth-order valence-corrected chi connectivity index (χ4v) is 3.36. The maximum atomic E-state index is 11.4. The average molecular weight is 305 g/mol. The molecule has 0 bridgehead atoms. The van der Waals surface area contributed by atoms with Gasteiger partial charge in [-0.2, -0.15) is 0 Å². The Labute approximate surface area is 115 Å². The van der Waals surface area contributed by atoms with Crippen molar-refractivity contribution in [1.29, 1.82) is 0 Å². The number of nitrogens with two attached hydrogens (primary N) is 1. The van der Waals surface area contributed by atoms with E-state index in [0.29, 0.717) is 24.5 Å². The number of halogens is 1. The monoisotopic (exact) mass is 304 g/mol. The number of pyridine rings is 1. The van der Waals surface area contributed by atoms with Gasteiger partial charge >= 0.3 is 0 Å². The van der Waals surface area contributed by atoms with Crippen LogP contribution in [-0.4, -0.2) is 49.0 Å². The molecule has 0 atom stereocenters. The van der Waals surface area contributed by atoms with Gasteiger partial charge in [0.2, 0.25) is 0 Å². The molecule has 1 aromatic rings. The van der Waals surface area contributed by atoms with Crippen molar-refractivity contribution in [2.45, 2.75) is 0 Å². The minimum absolute atomic E-state index is 0.0683. The molecule has 0 radical (unpaired) electrons. The Morgan fingerprint density at radius 1 is 1.47 bits per heavy atom. The summed E-state index contributed by atoms with van der Waals surface area (Å²) in [7, 11) is -2.97. The smallest absolute Gasteiger partial charge is 0.171 e. The van der Waals surface area contributed by atoms with E-state index in [9.17, 15) is 8.42 Å². The molecule has 7 nitrogen and oxygen atoms in total. The second kappa shape index (κ2) is 5.22. The number of nitrogens with zero attached hydrogens (tertiary/aromatic N) is 3. The second-order valence-corrected chi connectivity index (χ2v) is 6.80. The van der Waals surface area contributed by atoms with Crippen LogP contribution in [0.2, 0.25) is 5.02 Å². The zero-order valence-corrected chi connectivity index (χ0v) is 11.5. The van der Waals surface area contributed by atoms with Crippen LogP contribution in [0.15, 0.2) is 17.4 Å². The Bertz CT molecular complexity index is 603. The van der Waals surface area contributed by atoms with E-state index < -0.39 is 9.84 Å². The van der Waals surface area contributed by atoms with Crippen molar-refractivity contribution in [1.82, 2.24) is 4.98 Å². The van der Waals surface area contributed by atoms with E-state index >= 15 is 0 Å². The van der Waals surface area contributed by atoms with Crippen LogP contribution in [0.5, 0.6) is 0 Å². The van der Waals surface area contributed by atoms with Crippen molar-refractivity contribution < 1.29 is 13.6 Å². The van der Waals surface area contributed by atoms with E-state index in [1.54, 1.807) is 4.90 Å². The Hall–Kier alpha value is -1.54. The Morgan fingerprint density at radius 2 is 2.11 bits per heavy atom. The molecule has 2 rings (SSSR count). The van der Waals surface area contributed by atoms with Gasteiger partial charge in [-0.25, -0.2) is 13.4 Å². The summed E-state index contributed by atoms with van der Waals surface area (Å²) in [6, 6.07) is 1.53. The number of amidine groups is 1. The highest BCUT2D eigenvalue weighted by atomic mass is 35.5. The lowest BCUT2D eigenvalue weighted by Crippen LogP contribution is -2.41. The normalized spacial score (nSPS) is 19.4. The second-order valence-electron chi connectivity index (χ2n) is 4.12. The van der Waals surface area contributed by atoms with Crippen LogP contribution in [0.4, 0.5) is 5.82 Å². The third-order valence-electron chi connectivity index (χ3n) is 2.90. The van der Waals surface area contributed by atoms with E-state index in [1.165, 1.54) is 12.3 Å². The number of rotatable bonds is 2. The maximum absolute atomic E-state index is 11.4. The zero-order valence-electron chi connectivity index (χ0n) is 9.95. The Morgan fingerprint density at radius 3 is 2.68 bits per heavy atom. The summed E-state index contributed by atoms with van der Waals surface area (Å²) in [5, 5.41) is 11.8. The third kappa shape index (κ3) is 2.90. The van der Waals surface area contributed by atoms with Crippen molar-refractivity contribution in [3.8, 4) is 0 Å². The average Bonchev–Trinajstić information content (AvgIpc) is 2.39. The maximum Gasteiger partial charge on any atom is 0.171 e. The summed E-state index contributed by atoms with van der Waals surface area (Å²) >= 11 is 6.16. The van der Waals surface area contributed by atoms with Crippen LogP contribution in [-0.2, 0) is 9.84 Å². The van der Waals surface area contributed by atoms with E-state index in [0.717, 1.165) is 0 Å². The lowest BCUT2D eigenvalue weighted by Gasteiger charge is -2.28. The first-order chi connectivity index (χ1) is 8.94. The van der Waals surface area contributed by atoms with Gasteiger partial charge in [-0.3, -0.25) is 0 Å². The Balaban J connectivity index is 2.32. The Kier molecular flexibility index (Phi) is 3.81. The highest BCUT2D eigenvalue weighted by Crippen LogP contribution is 2.27. The van der Waals surface area contributed by atoms with Crippen LogP contribution in [0, 0.1) is 0 Å². The molecule has 2 heterocycles. The topological polar surface area (TPSA) is 109 Å². The van der Waals surface area contributed by atoms with Crippen LogP contribution < -0.4 is 10.6 Å². The van der Waals surface area contributed by atoms with Gasteiger partial charge in [-0.1, -0.05) is 16.8 Å². The minimum atomic E-state index is -2.97. The molecule has 1 aliphatic heterocycles. The summed E-state index contributed by atoms with van der Waals surface area (Å²) in [5.74, 6) is 0.469. The zero-order chi connectivity index (χ0) is 14.0. The van der Waals surface area contributed by atoms with Crippen LogP contribution in [0.25, 0.3) is 0 Å². The summed E-state index contributed by atoms with van der Waals surface area (Å²) in [6.45, 7) is 0.656. The predicted molar refractivity (Wildman–Crippen MR) is 72.6 cm³/mol. The molecular weight excluding hydrogens is 292 g/mol. The van der Waals surface area contributed by atoms with E-state index in [1.807, 2.05) is 0 Å². The lowest BCUT2D eigenvalue weighted by atomic mass is 10.2. The van der Waals surface area contributed by atoms with E-state index in [2.05, 4.69) is 10.1 Å². The van der Waals surface area contributed by atoms with Gasteiger partial charge in [-0.05, 0) is 6.07 Å². The number of oxime groups is 1. The van der Waals surface area contributed by atoms with Crippen molar-refractivity contribution in [3.63, 3.8) is 0 Å². The van der Waals surface area contributed by atoms with Crippen molar-refractivity contribution >= 4 is 33.1 Å². The number of hydrogen-bond donors (Lipinski definition) is 2. The molecule has 1 aromatic heterocycles. The SMILES string of the molecule is N/C(=N/O)c1ccnc(N2CCS(=O)(=O)CC2)c1Cl. The van der Waals surface area contributed by atoms with Crippen molar-refractivity contribution in [3.05, 3.63) is 22.8 Å². The first-order valence-corrected chi connectivity index (χ1v) is 7.72. The number of anilines is 1. The highest BCUT2D eigenvalue weighted by molar-refractivity contribution is 7.91. The van der Waals surface area contributed by atoms with E-state index in [4.69, 9.17) is 22.5 Å². The van der Waals surface area contributed by atoms with Crippen LogP contribution >= 0.6 is 11.6 Å². The number of aromatic nitrogens is 1. The van der Waals surface area contributed by atoms with E-state index in [-0.39, 0.29) is 22.4 Å². The van der Waals surface area contributed by atoms with Gasteiger partial charge in [0.1, 0.15) is 5.82 Å². The summed E-state index contributed by atoms with van der Waals surface area (Å²) in [6.07, 6.45) is 1.48. The van der Waals surface area contributed by atoms with Crippen molar-refractivity contribution in [2.24, 2.45) is 10.9 Å². The van der Waals surface area contributed by atoms with Gasteiger partial charge in [0.15, 0.2) is 15.7 Å². The molecule has 19 heavy (non-hydrogen) atoms. The first-order valence-electron chi connectivity index (χ1n) is 5.52. The number of sulfone groups is 1. The quantitative estimate of drug-likeness (QED) is 0.346. The molecule has 0 saturated carbocycles. The van der Waals surface area contributed by atoms with Crippen molar-refractivity contribution in [2.75, 3.05) is 29.5 Å². The number of hydrogen-bond acceptors (Lipinski definition) is 6. The molecule has 9 heteroatoms. The molecule has 0 spiro atoms. The van der Waals surface area contributed by atoms with Crippen LogP contribution in [0.1, 0.15) is 5.56 Å². The fraction of sp³-hybridized carbons (Fsp3) is 0.400. The standard InChI is InChI=1S/C10H13ClN4O3S/c11-8-7(9(12)14-16)1-2-13-10(8)15-3-5-19(17,18)6-4-15/h1-2,16H,3-6H2,(H2,12,14). The van der Waals surface area contributed by atoms with Gasteiger partial charge in [0, 0.05) is 24.8 Å². The fourth-order valence-electron chi connectivity index (χ4n) is 1.83. The molecule has 0 aromatic carbocycles. The molecule has 104 valence electrons. The predicted octanol–water partition coefficient (Wildman–Crippen LogP) is 0.0643. The third-order valence-corrected chi connectivity index (χ3v) is 4.88. The molecule has 1 saturated heterocycles. The lowest BCUT2D eigenvalue weighted by molar-refractivity contribution is 0.318. The van der Waals surface area contributed by atoms with Gasteiger partial charge in [0.25, 0.3) is 0 Å². The van der Waals surface area contributed by atoms with Crippen LogP contribution in [0.3, 0.4) is 0 Å². The summed E-state index contributed by atoms with van der Waals surface area (Å²) in [4.78, 5) is 5.91. The van der Waals surface area contributed by atoms with Gasteiger partial charge < -0.3 is 15.8 Å². The van der Waals surface area contributed by atoms with Gasteiger partial charge in [0.05, 0.1) is 16.5 Å². The first kappa shape index (κ1) is 13.9. The molecule has 0 amide bonds. The molecule has 1 aliphatic rings. The largest absolute Gasteiger partial charge is 0.409 e. The molecular formula is C10H13ClN4O3S. The molecule has 3 N–H and O–H groups in total. The summed E-state index contributed by atoms with van der Waals surface area (Å²) < 4.78 is 22.8. The minimum Gasteiger partial charge on any atom is -0.409 e. The molecule has 0 aliphatic carbocycles. The summed E-state index contributed by atoms with van der Waals surface area (Å²) in [5.41, 5.74) is 5.87.